The van der Waals surface area contributed by atoms with Crippen LogP contribution in [0.5, 0.6) is 0 Å². The second kappa shape index (κ2) is 13.3. The molecule has 26 heavy (non-hydrogen) atoms. The van der Waals surface area contributed by atoms with Crippen LogP contribution in [-0.2, 0) is 16.6 Å². The van der Waals surface area contributed by atoms with Crippen LogP contribution in [0, 0.1) is 5.92 Å². The van der Waals surface area contributed by atoms with Crippen LogP contribution in [-0.4, -0.2) is 34.5 Å². The summed E-state index contributed by atoms with van der Waals surface area (Å²) in [5.41, 5.74) is 0.855. The molecule has 0 heterocycles. The van der Waals surface area contributed by atoms with Gasteiger partial charge in [0, 0.05) is 13.1 Å². The summed E-state index contributed by atoms with van der Waals surface area (Å²) in [6.45, 7) is 8.59. The molecule has 1 aromatic rings. The lowest BCUT2D eigenvalue weighted by Gasteiger charge is -2.12. The minimum atomic E-state index is -3.43. The number of unbranched alkanes of at least 4 members (excludes halogenated alkanes) is 1. The van der Waals surface area contributed by atoms with Gasteiger partial charge in [-0.2, -0.15) is 0 Å². The molecule has 0 bridgehead atoms. The zero-order valence-corrected chi connectivity index (χ0v) is 19.4. The van der Waals surface area contributed by atoms with E-state index in [2.05, 4.69) is 34.2 Å². The highest BCUT2D eigenvalue weighted by Gasteiger charge is 2.11. The fraction of sp³-hybridized carbons (Fsp3) is 0.611. The normalized spacial score (nSPS) is 12.0. The quantitative estimate of drug-likeness (QED) is 0.201. The average molecular weight is 496 g/mol. The van der Waals surface area contributed by atoms with E-state index in [1.54, 1.807) is 18.2 Å². The van der Waals surface area contributed by atoms with Crippen molar-refractivity contribution in [2.24, 2.45) is 10.9 Å². The van der Waals surface area contributed by atoms with E-state index >= 15 is 0 Å². The molecule has 0 radical (unpaired) electrons. The van der Waals surface area contributed by atoms with Gasteiger partial charge in [-0.25, -0.2) is 18.1 Å². The molecular formula is C18H33IN4O2S. The molecule has 0 spiro atoms. The van der Waals surface area contributed by atoms with E-state index in [1.165, 1.54) is 19.9 Å². The van der Waals surface area contributed by atoms with Gasteiger partial charge < -0.3 is 10.6 Å². The van der Waals surface area contributed by atoms with Gasteiger partial charge in [0.1, 0.15) is 0 Å². The second-order valence-corrected chi connectivity index (χ2v) is 8.25. The van der Waals surface area contributed by atoms with Crippen LogP contribution < -0.4 is 15.4 Å². The summed E-state index contributed by atoms with van der Waals surface area (Å²) in [4.78, 5) is 4.80. The van der Waals surface area contributed by atoms with E-state index in [0.717, 1.165) is 37.0 Å². The van der Waals surface area contributed by atoms with E-state index in [-0.39, 0.29) is 28.9 Å². The number of guanidine groups is 1. The van der Waals surface area contributed by atoms with Gasteiger partial charge in [0.2, 0.25) is 10.0 Å². The molecule has 150 valence electrons. The molecule has 0 unspecified atom stereocenters. The summed E-state index contributed by atoms with van der Waals surface area (Å²) >= 11 is 0. The zero-order chi connectivity index (χ0) is 18.7. The number of nitrogens with one attached hydrogen (secondary N) is 3. The van der Waals surface area contributed by atoms with Crippen molar-refractivity contribution in [3.63, 3.8) is 0 Å². The van der Waals surface area contributed by atoms with Crippen molar-refractivity contribution in [3.05, 3.63) is 29.8 Å². The molecule has 1 aromatic carbocycles. The fourth-order valence-electron chi connectivity index (χ4n) is 2.33. The molecule has 0 amide bonds. The lowest BCUT2D eigenvalue weighted by molar-refractivity contribution is 0.534. The number of aliphatic imine (C=N–C) groups is 1. The molecule has 6 nitrogen and oxygen atoms in total. The van der Waals surface area contributed by atoms with E-state index in [9.17, 15) is 8.42 Å². The first-order valence-corrected chi connectivity index (χ1v) is 10.4. The van der Waals surface area contributed by atoms with E-state index < -0.39 is 10.0 Å². The first-order chi connectivity index (χ1) is 11.9. The largest absolute Gasteiger partial charge is 0.357 e. The molecule has 0 saturated heterocycles. The smallest absolute Gasteiger partial charge is 0.240 e. The number of benzene rings is 1. The summed E-state index contributed by atoms with van der Waals surface area (Å²) in [6.07, 6.45) is 3.55. The minimum absolute atomic E-state index is 0. The van der Waals surface area contributed by atoms with Gasteiger partial charge in [0.05, 0.1) is 11.4 Å². The predicted molar refractivity (Wildman–Crippen MR) is 120 cm³/mol. The average Bonchev–Trinajstić information content (AvgIpc) is 2.59. The molecule has 0 aromatic heterocycles. The molecule has 0 saturated carbocycles. The maximum Gasteiger partial charge on any atom is 0.240 e. The zero-order valence-electron chi connectivity index (χ0n) is 16.2. The molecule has 0 fully saturated rings. The molecule has 0 aliphatic rings. The third-order valence-corrected chi connectivity index (χ3v) is 5.15. The molecule has 0 aliphatic heterocycles. The van der Waals surface area contributed by atoms with E-state index in [4.69, 9.17) is 0 Å². The maximum absolute atomic E-state index is 11.9. The third kappa shape index (κ3) is 9.72. The highest BCUT2D eigenvalue weighted by Crippen LogP contribution is 2.12. The predicted octanol–water partition coefficient (Wildman–Crippen LogP) is 3.09. The highest BCUT2D eigenvalue weighted by molar-refractivity contribution is 14.0. The van der Waals surface area contributed by atoms with Crippen LogP contribution in [0.2, 0.25) is 0 Å². The Bertz CT molecular complexity index is 648. The highest BCUT2D eigenvalue weighted by atomic mass is 127. The number of hydrogen-bond donors (Lipinski definition) is 3. The Hall–Kier alpha value is -0.870. The fourth-order valence-corrected chi connectivity index (χ4v) is 3.13. The molecule has 3 N–H and O–H groups in total. The molecule has 0 aliphatic carbocycles. The van der Waals surface area contributed by atoms with Crippen LogP contribution in [0.1, 0.15) is 45.6 Å². The van der Waals surface area contributed by atoms with Crippen LogP contribution in [0.4, 0.5) is 0 Å². The van der Waals surface area contributed by atoms with Crippen molar-refractivity contribution in [2.75, 3.05) is 20.1 Å². The standard InChI is InChI=1S/C18H32N4O2S.HI/c1-5-20-18(21-12-7-6-9-15(2)3)22-14-16-10-8-11-17(13-16)25(23,24)19-4;/h8,10-11,13,15,19H,5-7,9,12,14H2,1-4H3,(H2,20,21,22);1H. The van der Waals surface area contributed by atoms with Gasteiger partial charge in [-0.05, 0) is 44.0 Å². The summed E-state index contributed by atoms with van der Waals surface area (Å²) < 4.78 is 26.1. The minimum Gasteiger partial charge on any atom is -0.357 e. The molecule has 0 atom stereocenters. The Labute approximate surface area is 175 Å². The van der Waals surface area contributed by atoms with Gasteiger partial charge in [-0.15, -0.1) is 24.0 Å². The molecule has 1 rings (SSSR count). The first kappa shape index (κ1) is 25.1. The SMILES string of the molecule is CCNC(=NCc1cccc(S(=O)(=O)NC)c1)NCCCCC(C)C.I. The van der Waals surface area contributed by atoms with E-state index in [0.29, 0.717) is 6.54 Å². The number of halogens is 1. The van der Waals surface area contributed by atoms with Crippen LogP contribution >= 0.6 is 24.0 Å². The van der Waals surface area contributed by atoms with Gasteiger partial charge >= 0.3 is 0 Å². The molecule has 8 heteroatoms. The molecular weight excluding hydrogens is 463 g/mol. The lowest BCUT2D eigenvalue weighted by atomic mass is 10.1. The van der Waals surface area contributed by atoms with Gasteiger partial charge in [0.15, 0.2) is 5.96 Å². The van der Waals surface area contributed by atoms with Gasteiger partial charge in [-0.3, -0.25) is 0 Å². The topological polar surface area (TPSA) is 82.6 Å². The Kier molecular flexibility index (Phi) is 12.9. The summed E-state index contributed by atoms with van der Waals surface area (Å²) in [5, 5.41) is 6.55. The third-order valence-electron chi connectivity index (χ3n) is 3.74. The van der Waals surface area contributed by atoms with Crippen LogP contribution in [0.3, 0.4) is 0 Å². The lowest BCUT2D eigenvalue weighted by Crippen LogP contribution is -2.37. The van der Waals surface area contributed by atoms with E-state index in [1.807, 2.05) is 13.0 Å². The Morgan fingerprint density at radius 2 is 1.92 bits per heavy atom. The van der Waals surface area contributed by atoms with Gasteiger partial charge in [0.25, 0.3) is 0 Å². The van der Waals surface area contributed by atoms with Crippen LogP contribution in [0.15, 0.2) is 34.2 Å². The number of nitrogens with zero attached hydrogens (tertiary/aromatic N) is 1. The second-order valence-electron chi connectivity index (χ2n) is 6.37. The van der Waals surface area contributed by atoms with Crippen molar-refractivity contribution in [2.45, 2.75) is 51.5 Å². The Morgan fingerprint density at radius 1 is 1.19 bits per heavy atom. The number of hydrogen-bond acceptors (Lipinski definition) is 3. The summed E-state index contributed by atoms with van der Waals surface area (Å²) in [7, 11) is -2.02. The van der Waals surface area contributed by atoms with Crippen molar-refractivity contribution in [1.82, 2.24) is 15.4 Å². The Morgan fingerprint density at radius 3 is 2.54 bits per heavy atom. The van der Waals surface area contributed by atoms with Crippen molar-refractivity contribution < 1.29 is 8.42 Å². The summed E-state index contributed by atoms with van der Waals surface area (Å²) in [5.74, 6) is 1.50. The first-order valence-electron chi connectivity index (χ1n) is 8.93. The maximum atomic E-state index is 11.9. The monoisotopic (exact) mass is 496 g/mol. The van der Waals surface area contributed by atoms with Crippen molar-refractivity contribution in [3.8, 4) is 0 Å². The summed E-state index contributed by atoms with van der Waals surface area (Å²) in [6, 6.07) is 6.85. The van der Waals surface area contributed by atoms with Gasteiger partial charge in [-0.1, -0.05) is 38.8 Å². The Balaban J connectivity index is 0.00000625. The number of sulfonamides is 1. The van der Waals surface area contributed by atoms with Crippen LogP contribution in [0.25, 0.3) is 0 Å². The number of rotatable bonds is 10. The van der Waals surface area contributed by atoms with Crippen molar-refractivity contribution in [1.29, 1.82) is 0 Å². The van der Waals surface area contributed by atoms with Crippen molar-refractivity contribution >= 4 is 40.0 Å².